The number of terminal acetylenes is 1. The van der Waals surface area contributed by atoms with Gasteiger partial charge in [0.25, 0.3) is 0 Å². The summed E-state index contributed by atoms with van der Waals surface area (Å²) >= 11 is 0. The van der Waals surface area contributed by atoms with Gasteiger partial charge in [0.1, 0.15) is 0 Å². The highest BCUT2D eigenvalue weighted by molar-refractivity contribution is 5.30. The van der Waals surface area contributed by atoms with E-state index < -0.39 is 0 Å². The fourth-order valence-corrected chi connectivity index (χ4v) is 1.92. The lowest BCUT2D eigenvalue weighted by molar-refractivity contribution is 0.614. The Morgan fingerprint density at radius 2 is 1.72 bits per heavy atom. The zero-order chi connectivity index (χ0) is 12.6. The fraction of sp³-hybridized carbons (Fsp3) is 0.188. The van der Waals surface area contributed by atoms with Crippen LogP contribution in [0, 0.1) is 12.3 Å². The molecule has 0 aliphatic carbocycles. The maximum Gasteiger partial charge on any atom is 0.0578 e. The molecule has 2 aromatic rings. The second-order valence-corrected chi connectivity index (χ2v) is 4.03. The van der Waals surface area contributed by atoms with Crippen molar-refractivity contribution in [1.82, 2.24) is 10.3 Å². The molecule has 0 fully saturated rings. The highest BCUT2D eigenvalue weighted by Crippen LogP contribution is 2.20. The Bertz CT molecular complexity index is 460. The van der Waals surface area contributed by atoms with Crippen LogP contribution in [0.15, 0.2) is 54.9 Å². The number of nitrogens with zero attached hydrogens (tertiary/aromatic N) is 1. The fourth-order valence-electron chi connectivity index (χ4n) is 1.92. The Morgan fingerprint density at radius 1 is 1.06 bits per heavy atom. The Labute approximate surface area is 108 Å². The van der Waals surface area contributed by atoms with Crippen LogP contribution in [0.3, 0.4) is 0 Å². The van der Waals surface area contributed by atoms with Crippen molar-refractivity contribution >= 4 is 0 Å². The summed E-state index contributed by atoms with van der Waals surface area (Å²) in [5.74, 6) is 2.65. The van der Waals surface area contributed by atoms with Crippen LogP contribution in [0.2, 0.25) is 0 Å². The summed E-state index contributed by atoms with van der Waals surface area (Å²) in [6, 6.07) is 14.6. The van der Waals surface area contributed by atoms with Crippen molar-refractivity contribution in [3.63, 3.8) is 0 Å². The number of rotatable bonds is 5. The molecule has 0 aliphatic rings. The van der Waals surface area contributed by atoms with Crippen molar-refractivity contribution in [2.75, 3.05) is 6.54 Å². The number of nitrogens with one attached hydrogen (secondary N) is 1. The van der Waals surface area contributed by atoms with Crippen molar-refractivity contribution in [1.29, 1.82) is 0 Å². The highest BCUT2D eigenvalue weighted by Gasteiger charge is 2.12. The average molecular weight is 236 g/mol. The van der Waals surface area contributed by atoms with Crippen LogP contribution in [0.25, 0.3) is 0 Å². The highest BCUT2D eigenvalue weighted by atomic mass is 14.9. The monoisotopic (exact) mass is 236 g/mol. The number of aromatic nitrogens is 1. The van der Waals surface area contributed by atoms with Gasteiger partial charge in [-0.2, -0.15) is 0 Å². The summed E-state index contributed by atoms with van der Waals surface area (Å²) in [5, 5.41) is 3.48. The minimum absolute atomic E-state index is 0.169. The third-order valence-corrected chi connectivity index (χ3v) is 2.79. The molecular weight excluding hydrogens is 220 g/mol. The van der Waals surface area contributed by atoms with Crippen LogP contribution >= 0.6 is 0 Å². The zero-order valence-corrected chi connectivity index (χ0v) is 10.2. The van der Waals surface area contributed by atoms with Gasteiger partial charge < -0.3 is 5.32 Å². The molecule has 0 saturated carbocycles. The van der Waals surface area contributed by atoms with Crippen molar-refractivity contribution in [3.8, 4) is 12.3 Å². The van der Waals surface area contributed by atoms with Gasteiger partial charge in [0.15, 0.2) is 0 Å². The second-order valence-electron chi connectivity index (χ2n) is 4.03. The first kappa shape index (κ1) is 12.3. The molecule has 2 nitrogen and oxygen atoms in total. The summed E-state index contributed by atoms with van der Waals surface area (Å²) in [6.07, 6.45) is 9.65. The van der Waals surface area contributed by atoms with Crippen LogP contribution in [0.1, 0.15) is 23.6 Å². The van der Waals surface area contributed by atoms with Gasteiger partial charge in [-0.1, -0.05) is 30.3 Å². The van der Waals surface area contributed by atoms with Crippen molar-refractivity contribution < 1.29 is 0 Å². The molecule has 0 amide bonds. The van der Waals surface area contributed by atoms with Gasteiger partial charge in [0.2, 0.25) is 0 Å². The number of hydrogen-bond donors (Lipinski definition) is 1. The molecule has 1 N–H and O–H groups in total. The molecule has 1 atom stereocenters. The van der Waals surface area contributed by atoms with Crippen LogP contribution in [-0.4, -0.2) is 11.5 Å². The minimum atomic E-state index is 0.169. The van der Waals surface area contributed by atoms with E-state index in [4.69, 9.17) is 6.42 Å². The molecule has 0 radical (unpaired) electrons. The summed E-state index contributed by atoms with van der Waals surface area (Å²) in [4.78, 5) is 4.06. The molecule has 0 saturated heterocycles. The molecular formula is C16H16N2. The summed E-state index contributed by atoms with van der Waals surface area (Å²) in [5.41, 5.74) is 2.44. The summed E-state index contributed by atoms with van der Waals surface area (Å²) in [7, 11) is 0. The maximum atomic E-state index is 5.29. The van der Waals surface area contributed by atoms with E-state index in [1.165, 1.54) is 11.1 Å². The molecule has 1 aromatic carbocycles. The molecule has 0 spiro atoms. The first-order valence-electron chi connectivity index (χ1n) is 6.03. The zero-order valence-electron chi connectivity index (χ0n) is 10.2. The smallest absolute Gasteiger partial charge is 0.0578 e. The van der Waals surface area contributed by atoms with Gasteiger partial charge in [-0.3, -0.25) is 4.98 Å². The molecule has 18 heavy (non-hydrogen) atoms. The van der Waals surface area contributed by atoms with E-state index in [2.05, 4.69) is 28.4 Å². The van der Waals surface area contributed by atoms with Gasteiger partial charge >= 0.3 is 0 Å². The Kier molecular flexibility index (Phi) is 4.52. The van der Waals surface area contributed by atoms with Gasteiger partial charge in [-0.05, 0) is 23.3 Å². The Hall–Kier alpha value is -2.11. The van der Waals surface area contributed by atoms with Crippen LogP contribution in [0.4, 0.5) is 0 Å². The molecule has 1 heterocycles. The maximum absolute atomic E-state index is 5.29. The lowest BCUT2D eigenvalue weighted by atomic mass is 9.99. The van der Waals surface area contributed by atoms with Crippen LogP contribution in [0.5, 0.6) is 0 Å². The molecule has 90 valence electrons. The van der Waals surface area contributed by atoms with E-state index in [-0.39, 0.29) is 6.04 Å². The predicted octanol–water partition coefficient (Wildman–Crippen LogP) is 2.78. The van der Waals surface area contributed by atoms with E-state index in [0.717, 1.165) is 13.0 Å². The van der Waals surface area contributed by atoms with E-state index >= 15 is 0 Å². The molecule has 2 rings (SSSR count). The largest absolute Gasteiger partial charge is 0.305 e. The van der Waals surface area contributed by atoms with Crippen molar-refractivity contribution in [3.05, 3.63) is 66.0 Å². The normalized spacial score (nSPS) is 11.7. The van der Waals surface area contributed by atoms with Gasteiger partial charge in [0.05, 0.1) is 6.04 Å². The van der Waals surface area contributed by atoms with Crippen LogP contribution in [-0.2, 0) is 0 Å². The standard InChI is InChI=1S/C16H16N2/c1-2-3-11-18-16(14-7-5-4-6-8-14)15-9-12-17-13-10-15/h1,4-10,12-13,16,18H,3,11H2. The van der Waals surface area contributed by atoms with Crippen molar-refractivity contribution in [2.24, 2.45) is 0 Å². The molecule has 1 aromatic heterocycles. The molecule has 1 unspecified atom stereocenters. The minimum Gasteiger partial charge on any atom is -0.305 e. The third kappa shape index (κ3) is 3.19. The number of hydrogen-bond acceptors (Lipinski definition) is 2. The summed E-state index contributed by atoms with van der Waals surface area (Å²) < 4.78 is 0. The van der Waals surface area contributed by atoms with E-state index in [1.54, 1.807) is 0 Å². The second kappa shape index (κ2) is 6.58. The van der Waals surface area contributed by atoms with Gasteiger partial charge in [-0.25, -0.2) is 0 Å². The molecule has 2 heteroatoms. The van der Waals surface area contributed by atoms with Gasteiger partial charge in [-0.15, -0.1) is 12.3 Å². The Morgan fingerprint density at radius 3 is 2.39 bits per heavy atom. The lowest BCUT2D eigenvalue weighted by Crippen LogP contribution is -2.23. The summed E-state index contributed by atoms with van der Waals surface area (Å²) in [6.45, 7) is 0.804. The quantitative estimate of drug-likeness (QED) is 0.638. The topological polar surface area (TPSA) is 24.9 Å². The SMILES string of the molecule is C#CCCNC(c1ccccc1)c1ccncc1. The van der Waals surface area contributed by atoms with E-state index in [9.17, 15) is 0 Å². The number of pyridine rings is 1. The third-order valence-electron chi connectivity index (χ3n) is 2.79. The first-order valence-corrected chi connectivity index (χ1v) is 6.03. The van der Waals surface area contributed by atoms with E-state index in [0.29, 0.717) is 0 Å². The number of benzene rings is 1. The van der Waals surface area contributed by atoms with Crippen molar-refractivity contribution in [2.45, 2.75) is 12.5 Å². The van der Waals surface area contributed by atoms with Gasteiger partial charge in [0, 0.05) is 25.4 Å². The van der Waals surface area contributed by atoms with Crippen LogP contribution < -0.4 is 5.32 Å². The Balaban J connectivity index is 2.21. The molecule has 0 bridgehead atoms. The predicted molar refractivity (Wildman–Crippen MR) is 74.0 cm³/mol. The average Bonchev–Trinajstić information content (AvgIpc) is 2.46. The first-order chi connectivity index (χ1) is 8.92. The molecule has 0 aliphatic heterocycles. The van der Waals surface area contributed by atoms with E-state index in [1.807, 2.05) is 42.7 Å². The lowest BCUT2D eigenvalue weighted by Gasteiger charge is -2.19.